The van der Waals surface area contributed by atoms with Crippen LogP contribution in [0.5, 0.6) is 0 Å². The summed E-state index contributed by atoms with van der Waals surface area (Å²) in [4.78, 5) is 21.1. The van der Waals surface area contributed by atoms with Crippen LogP contribution in [0.2, 0.25) is 0 Å². The molecule has 168 valence electrons. The molecule has 32 heavy (non-hydrogen) atoms. The molecule has 0 aromatic heterocycles. The fourth-order valence-electron chi connectivity index (χ4n) is 3.83. The number of rotatable bonds is 11. The Morgan fingerprint density at radius 3 is 1.97 bits per heavy atom. The maximum Gasteiger partial charge on any atom is 0.251 e. The Labute approximate surface area is 189 Å². The van der Waals surface area contributed by atoms with E-state index in [2.05, 4.69) is 55.5 Å². The van der Waals surface area contributed by atoms with E-state index in [1.807, 2.05) is 24.3 Å². The number of carbonyl (C=O) groups is 1. The Balaban J connectivity index is 1.06. The Hall–Kier alpha value is -3.19. The van der Waals surface area contributed by atoms with Gasteiger partial charge in [-0.2, -0.15) is 0 Å². The van der Waals surface area contributed by atoms with Crippen LogP contribution in [-0.2, 0) is 6.54 Å². The molecule has 0 aliphatic carbocycles. The molecule has 2 heterocycles. The molecular formula is C25H32N6O. The first-order valence-electron chi connectivity index (χ1n) is 11.5. The van der Waals surface area contributed by atoms with Gasteiger partial charge in [0.1, 0.15) is 11.7 Å². The van der Waals surface area contributed by atoms with Crippen LogP contribution in [0.3, 0.4) is 0 Å². The summed E-state index contributed by atoms with van der Waals surface area (Å²) in [6, 6.07) is 16.2. The molecule has 0 bridgehead atoms. The first-order valence-corrected chi connectivity index (χ1v) is 11.5. The molecule has 4 N–H and O–H groups in total. The fourth-order valence-corrected chi connectivity index (χ4v) is 3.83. The number of amidine groups is 2. The van der Waals surface area contributed by atoms with Gasteiger partial charge in [-0.1, -0.05) is 42.8 Å². The van der Waals surface area contributed by atoms with E-state index in [9.17, 15) is 4.79 Å². The van der Waals surface area contributed by atoms with Crippen LogP contribution in [0.15, 0.2) is 58.5 Å². The molecule has 4 rings (SSSR count). The lowest BCUT2D eigenvalue weighted by Crippen LogP contribution is -2.25. The maximum atomic E-state index is 12.3. The van der Waals surface area contributed by atoms with Crippen molar-refractivity contribution >= 4 is 17.6 Å². The minimum Gasteiger partial charge on any atom is -0.368 e. The van der Waals surface area contributed by atoms with Gasteiger partial charge in [0.25, 0.3) is 5.91 Å². The third kappa shape index (κ3) is 6.17. The zero-order valence-electron chi connectivity index (χ0n) is 18.5. The second-order valence-electron chi connectivity index (χ2n) is 8.08. The molecule has 1 amide bonds. The SMILES string of the molecule is O=C(NCCCCCNCc1ccc(C2=NCCN2)cc1)c1ccc(C2=NCCN2)cc1. The smallest absolute Gasteiger partial charge is 0.251 e. The monoisotopic (exact) mass is 432 g/mol. The topological polar surface area (TPSA) is 89.9 Å². The zero-order valence-corrected chi connectivity index (χ0v) is 18.5. The lowest BCUT2D eigenvalue weighted by atomic mass is 10.1. The molecule has 2 aromatic carbocycles. The second kappa shape index (κ2) is 11.4. The Morgan fingerprint density at radius 2 is 1.38 bits per heavy atom. The highest BCUT2D eigenvalue weighted by Crippen LogP contribution is 2.08. The normalized spacial score (nSPS) is 15.0. The van der Waals surface area contributed by atoms with E-state index in [1.165, 1.54) is 5.56 Å². The molecule has 0 saturated carbocycles. The fraction of sp³-hybridized carbons (Fsp3) is 0.400. The van der Waals surface area contributed by atoms with Crippen molar-refractivity contribution < 1.29 is 4.79 Å². The van der Waals surface area contributed by atoms with Crippen LogP contribution in [0.25, 0.3) is 0 Å². The summed E-state index contributed by atoms with van der Waals surface area (Å²) in [7, 11) is 0. The van der Waals surface area contributed by atoms with Gasteiger partial charge in [0.05, 0.1) is 13.1 Å². The standard InChI is InChI=1S/C25H32N6O/c32-25(22-10-8-21(9-11-22)24-29-16-17-30-24)31-13-3-1-2-12-26-18-19-4-6-20(7-5-19)23-27-14-15-28-23/h4-11,26H,1-3,12-18H2,(H,27,28)(H,29,30)(H,31,32). The molecule has 7 nitrogen and oxygen atoms in total. The highest BCUT2D eigenvalue weighted by molar-refractivity contribution is 6.01. The van der Waals surface area contributed by atoms with E-state index in [4.69, 9.17) is 0 Å². The lowest BCUT2D eigenvalue weighted by Gasteiger charge is -2.08. The third-order valence-electron chi connectivity index (χ3n) is 5.64. The highest BCUT2D eigenvalue weighted by atomic mass is 16.1. The molecule has 0 spiro atoms. The van der Waals surface area contributed by atoms with Gasteiger partial charge < -0.3 is 21.3 Å². The highest BCUT2D eigenvalue weighted by Gasteiger charge is 2.10. The van der Waals surface area contributed by atoms with Crippen molar-refractivity contribution in [3.63, 3.8) is 0 Å². The van der Waals surface area contributed by atoms with Crippen molar-refractivity contribution in [1.82, 2.24) is 21.3 Å². The summed E-state index contributed by atoms with van der Waals surface area (Å²) in [6.07, 6.45) is 3.16. The van der Waals surface area contributed by atoms with Gasteiger partial charge in [0.2, 0.25) is 0 Å². The molecule has 0 fully saturated rings. The van der Waals surface area contributed by atoms with Crippen molar-refractivity contribution in [2.24, 2.45) is 9.98 Å². The van der Waals surface area contributed by atoms with Gasteiger partial charge in [0, 0.05) is 42.9 Å². The molecule has 0 radical (unpaired) electrons. The minimum absolute atomic E-state index is 0.0155. The Kier molecular flexibility index (Phi) is 7.87. The van der Waals surface area contributed by atoms with Gasteiger partial charge in [-0.05, 0) is 37.1 Å². The molecule has 2 aromatic rings. The summed E-state index contributed by atoms with van der Waals surface area (Å²) >= 11 is 0. The van der Waals surface area contributed by atoms with Crippen molar-refractivity contribution in [1.29, 1.82) is 0 Å². The number of unbranched alkanes of at least 4 members (excludes halogenated alkanes) is 2. The summed E-state index contributed by atoms with van der Waals surface area (Å²) in [5, 5.41) is 13.1. The summed E-state index contributed by atoms with van der Waals surface area (Å²) < 4.78 is 0. The molecule has 0 atom stereocenters. The van der Waals surface area contributed by atoms with Crippen LogP contribution < -0.4 is 21.3 Å². The lowest BCUT2D eigenvalue weighted by molar-refractivity contribution is 0.0953. The van der Waals surface area contributed by atoms with Gasteiger partial charge in [0.15, 0.2) is 0 Å². The van der Waals surface area contributed by atoms with Crippen LogP contribution in [0.4, 0.5) is 0 Å². The van der Waals surface area contributed by atoms with E-state index in [0.29, 0.717) is 12.1 Å². The molecule has 0 saturated heterocycles. The number of amides is 1. The van der Waals surface area contributed by atoms with Crippen LogP contribution in [-0.4, -0.2) is 56.8 Å². The number of aliphatic imine (C=N–C) groups is 2. The van der Waals surface area contributed by atoms with Crippen molar-refractivity contribution in [3.8, 4) is 0 Å². The van der Waals surface area contributed by atoms with E-state index in [0.717, 1.165) is 81.3 Å². The first-order chi connectivity index (χ1) is 15.8. The number of nitrogens with one attached hydrogen (secondary N) is 4. The second-order valence-corrected chi connectivity index (χ2v) is 8.08. The summed E-state index contributed by atoms with van der Waals surface area (Å²) in [6.45, 7) is 6.04. The van der Waals surface area contributed by atoms with Gasteiger partial charge in [-0.3, -0.25) is 14.8 Å². The third-order valence-corrected chi connectivity index (χ3v) is 5.64. The van der Waals surface area contributed by atoms with Crippen LogP contribution in [0.1, 0.15) is 46.3 Å². The van der Waals surface area contributed by atoms with E-state index in [-0.39, 0.29) is 5.91 Å². The van der Waals surface area contributed by atoms with Gasteiger partial charge >= 0.3 is 0 Å². The van der Waals surface area contributed by atoms with Gasteiger partial charge in [-0.25, -0.2) is 0 Å². The quantitative estimate of drug-likeness (QED) is 0.409. The average Bonchev–Trinajstić information content (AvgIpc) is 3.56. The largest absolute Gasteiger partial charge is 0.368 e. The van der Waals surface area contributed by atoms with Crippen molar-refractivity contribution in [2.45, 2.75) is 25.8 Å². The molecular weight excluding hydrogens is 400 g/mol. The van der Waals surface area contributed by atoms with Gasteiger partial charge in [-0.15, -0.1) is 0 Å². The van der Waals surface area contributed by atoms with E-state index >= 15 is 0 Å². The summed E-state index contributed by atoms with van der Waals surface area (Å²) in [5.41, 5.74) is 4.16. The predicted molar refractivity (Wildman–Crippen MR) is 130 cm³/mol. The van der Waals surface area contributed by atoms with Crippen molar-refractivity contribution in [3.05, 3.63) is 70.8 Å². The Bertz CT molecular complexity index is 949. The number of hydrogen-bond donors (Lipinski definition) is 4. The number of nitrogens with zero attached hydrogens (tertiary/aromatic N) is 2. The Morgan fingerprint density at radius 1 is 0.781 bits per heavy atom. The maximum absolute atomic E-state index is 12.3. The zero-order chi connectivity index (χ0) is 22.0. The average molecular weight is 433 g/mol. The number of benzene rings is 2. The predicted octanol–water partition coefficient (Wildman–Crippen LogP) is 2.08. The van der Waals surface area contributed by atoms with Crippen molar-refractivity contribution in [2.75, 3.05) is 39.3 Å². The molecule has 7 heteroatoms. The van der Waals surface area contributed by atoms with Crippen LogP contribution >= 0.6 is 0 Å². The molecule has 0 unspecified atom stereocenters. The van der Waals surface area contributed by atoms with E-state index < -0.39 is 0 Å². The number of carbonyl (C=O) groups excluding carboxylic acids is 1. The minimum atomic E-state index is -0.0155. The summed E-state index contributed by atoms with van der Waals surface area (Å²) in [5.74, 6) is 1.90. The first kappa shape index (κ1) is 22.0. The molecule has 2 aliphatic heterocycles. The van der Waals surface area contributed by atoms with Crippen LogP contribution in [0, 0.1) is 0 Å². The number of hydrogen-bond acceptors (Lipinski definition) is 6. The molecule has 2 aliphatic rings. The van der Waals surface area contributed by atoms with E-state index in [1.54, 1.807) is 0 Å².